The van der Waals surface area contributed by atoms with Gasteiger partial charge in [-0.1, -0.05) is 19.1 Å². The van der Waals surface area contributed by atoms with Gasteiger partial charge in [-0.2, -0.15) is 11.3 Å². The molecule has 130 valence electrons. The van der Waals surface area contributed by atoms with Crippen molar-refractivity contribution in [1.29, 1.82) is 0 Å². The Morgan fingerprint density at radius 2 is 2.04 bits per heavy atom. The Morgan fingerprint density at radius 3 is 2.71 bits per heavy atom. The molecule has 0 atom stereocenters. The van der Waals surface area contributed by atoms with Crippen LogP contribution in [0, 0.1) is 0 Å². The summed E-state index contributed by atoms with van der Waals surface area (Å²) in [6.45, 7) is 2.94. The fraction of sp³-hybridized carbons (Fsp3) is 0.294. The number of nitrogens with one attached hydrogen (secondary N) is 3. The van der Waals surface area contributed by atoms with Gasteiger partial charge in [0.05, 0.1) is 6.54 Å². The van der Waals surface area contributed by atoms with Gasteiger partial charge in [0.1, 0.15) is 0 Å². The van der Waals surface area contributed by atoms with Crippen molar-refractivity contribution in [2.24, 2.45) is 4.99 Å². The molecule has 0 aliphatic carbocycles. The second-order valence-electron chi connectivity index (χ2n) is 5.01. The van der Waals surface area contributed by atoms with Gasteiger partial charge in [-0.15, -0.1) is 24.0 Å². The highest BCUT2D eigenvalue weighted by molar-refractivity contribution is 14.0. The molecule has 0 unspecified atom stereocenters. The molecular weight excluding hydrogens is 435 g/mol. The molecule has 0 spiro atoms. The number of thiophene rings is 1. The van der Waals surface area contributed by atoms with Crippen LogP contribution in [-0.2, 0) is 17.8 Å². The SMILES string of the molecule is CCc1cccc(NC(=O)CNC(=NC)NCc2ccsc2)c1.I. The summed E-state index contributed by atoms with van der Waals surface area (Å²) in [5.41, 5.74) is 3.21. The van der Waals surface area contributed by atoms with Crippen molar-refractivity contribution in [2.75, 3.05) is 18.9 Å². The predicted octanol–water partition coefficient (Wildman–Crippen LogP) is 3.23. The van der Waals surface area contributed by atoms with E-state index in [9.17, 15) is 4.79 Å². The van der Waals surface area contributed by atoms with E-state index in [1.165, 1.54) is 11.1 Å². The topological polar surface area (TPSA) is 65.5 Å². The quantitative estimate of drug-likeness (QED) is 0.354. The first-order valence-corrected chi connectivity index (χ1v) is 8.50. The number of halogens is 1. The summed E-state index contributed by atoms with van der Waals surface area (Å²) in [6, 6.07) is 9.92. The Labute approximate surface area is 164 Å². The molecule has 0 saturated carbocycles. The van der Waals surface area contributed by atoms with Crippen LogP contribution in [0.25, 0.3) is 0 Å². The first-order valence-electron chi connectivity index (χ1n) is 7.55. The highest BCUT2D eigenvalue weighted by Crippen LogP contribution is 2.10. The Hall–Kier alpha value is -1.61. The molecule has 0 aliphatic rings. The van der Waals surface area contributed by atoms with Gasteiger partial charge >= 0.3 is 0 Å². The molecule has 0 aliphatic heterocycles. The number of nitrogens with zero attached hydrogens (tertiary/aromatic N) is 1. The number of anilines is 1. The zero-order chi connectivity index (χ0) is 16.5. The van der Waals surface area contributed by atoms with Crippen molar-refractivity contribution >= 4 is 52.9 Å². The first kappa shape index (κ1) is 20.4. The molecule has 3 N–H and O–H groups in total. The van der Waals surface area contributed by atoms with Gasteiger partial charge < -0.3 is 16.0 Å². The molecule has 1 aromatic carbocycles. The van der Waals surface area contributed by atoms with Gasteiger partial charge in [0.2, 0.25) is 5.91 Å². The number of aryl methyl sites for hydroxylation is 1. The Morgan fingerprint density at radius 1 is 1.21 bits per heavy atom. The monoisotopic (exact) mass is 458 g/mol. The van der Waals surface area contributed by atoms with Crippen LogP contribution in [0.5, 0.6) is 0 Å². The molecule has 7 heteroatoms. The number of guanidine groups is 1. The molecule has 2 aromatic rings. The maximum atomic E-state index is 12.0. The van der Waals surface area contributed by atoms with E-state index in [1.54, 1.807) is 18.4 Å². The van der Waals surface area contributed by atoms with Gasteiger partial charge in [-0.25, -0.2) is 0 Å². The average molecular weight is 458 g/mol. The lowest BCUT2D eigenvalue weighted by Gasteiger charge is -2.12. The second kappa shape index (κ2) is 11.0. The molecule has 1 heterocycles. The standard InChI is InChI=1S/C17H22N4OS.HI/c1-3-13-5-4-6-15(9-13)21-16(22)11-20-17(18-2)19-10-14-7-8-23-12-14;/h4-9,12H,3,10-11H2,1-2H3,(H,21,22)(H2,18,19,20);1H. The highest BCUT2D eigenvalue weighted by Gasteiger charge is 2.05. The number of amides is 1. The van der Waals surface area contributed by atoms with Crippen molar-refractivity contribution in [3.8, 4) is 0 Å². The summed E-state index contributed by atoms with van der Waals surface area (Å²) in [7, 11) is 1.69. The van der Waals surface area contributed by atoms with Crippen LogP contribution in [0.1, 0.15) is 18.1 Å². The molecular formula is C17H23IN4OS. The zero-order valence-corrected chi connectivity index (χ0v) is 17.0. The van der Waals surface area contributed by atoms with E-state index >= 15 is 0 Å². The van der Waals surface area contributed by atoms with Gasteiger partial charge in [0, 0.05) is 19.3 Å². The smallest absolute Gasteiger partial charge is 0.243 e. The van der Waals surface area contributed by atoms with Crippen molar-refractivity contribution in [2.45, 2.75) is 19.9 Å². The molecule has 0 saturated heterocycles. The molecule has 5 nitrogen and oxygen atoms in total. The van der Waals surface area contributed by atoms with Crippen molar-refractivity contribution < 1.29 is 4.79 Å². The van der Waals surface area contributed by atoms with Crippen molar-refractivity contribution in [3.05, 3.63) is 52.2 Å². The Kier molecular flexibility index (Phi) is 9.39. The number of hydrogen-bond acceptors (Lipinski definition) is 3. The van der Waals surface area contributed by atoms with Crippen LogP contribution in [0.2, 0.25) is 0 Å². The highest BCUT2D eigenvalue weighted by atomic mass is 127. The lowest BCUT2D eigenvalue weighted by Crippen LogP contribution is -2.41. The van der Waals surface area contributed by atoms with E-state index < -0.39 is 0 Å². The third kappa shape index (κ3) is 6.88. The summed E-state index contributed by atoms with van der Waals surface area (Å²) in [4.78, 5) is 16.1. The fourth-order valence-electron chi connectivity index (χ4n) is 2.04. The molecule has 0 bridgehead atoms. The molecule has 2 rings (SSSR count). The maximum Gasteiger partial charge on any atom is 0.243 e. The second-order valence-corrected chi connectivity index (χ2v) is 5.79. The summed E-state index contributed by atoms with van der Waals surface area (Å²) < 4.78 is 0. The molecule has 1 aromatic heterocycles. The summed E-state index contributed by atoms with van der Waals surface area (Å²) in [6.07, 6.45) is 0.946. The van der Waals surface area contributed by atoms with Crippen LogP contribution in [0.3, 0.4) is 0 Å². The van der Waals surface area contributed by atoms with Gasteiger partial charge in [-0.05, 0) is 46.5 Å². The van der Waals surface area contributed by atoms with Gasteiger partial charge in [0.15, 0.2) is 5.96 Å². The minimum absolute atomic E-state index is 0. The minimum atomic E-state index is -0.100. The number of aliphatic imine (C=N–C) groups is 1. The predicted molar refractivity (Wildman–Crippen MR) is 112 cm³/mol. The van der Waals surface area contributed by atoms with E-state index in [4.69, 9.17) is 0 Å². The third-order valence-electron chi connectivity index (χ3n) is 3.30. The normalized spacial score (nSPS) is 10.7. The van der Waals surface area contributed by atoms with E-state index in [2.05, 4.69) is 39.3 Å². The molecule has 1 amide bonds. The summed E-state index contributed by atoms with van der Waals surface area (Å²) >= 11 is 1.66. The number of carbonyl (C=O) groups is 1. The van der Waals surface area contributed by atoms with Gasteiger partial charge in [0.25, 0.3) is 0 Å². The largest absolute Gasteiger partial charge is 0.352 e. The van der Waals surface area contributed by atoms with Crippen LogP contribution >= 0.6 is 35.3 Å². The first-order chi connectivity index (χ1) is 11.2. The van der Waals surface area contributed by atoms with Gasteiger partial charge in [-0.3, -0.25) is 9.79 Å². The van der Waals surface area contributed by atoms with E-state index in [1.807, 2.05) is 29.6 Å². The third-order valence-corrected chi connectivity index (χ3v) is 4.03. The lowest BCUT2D eigenvalue weighted by molar-refractivity contribution is -0.115. The maximum absolute atomic E-state index is 12.0. The van der Waals surface area contributed by atoms with Crippen LogP contribution in [-0.4, -0.2) is 25.5 Å². The molecule has 24 heavy (non-hydrogen) atoms. The Bertz CT molecular complexity index is 658. The molecule has 0 fully saturated rings. The number of benzene rings is 1. The molecule has 0 radical (unpaired) electrons. The number of hydrogen-bond donors (Lipinski definition) is 3. The fourth-order valence-corrected chi connectivity index (χ4v) is 2.71. The lowest BCUT2D eigenvalue weighted by atomic mass is 10.1. The van der Waals surface area contributed by atoms with Crippen LogP contribution in [0.15, 0.2) is 46.1 Å². The van der Waals surface area contributed by atoms with E-state index in [-0.39, 0.29) is 36.4 Å². The minimum Gasteiger partial charge on any atom is -0.352 e. The van der Waals surface area contributed by atoms with Crippen molar-refractivity contribution in [1.82, 2.24) is 10.6 Å². The number of carbonyl (C=O) groups excluding carboxylic acids is 1. The van der Waals surface area contributed by atoms with Crippen molar-refractivity contribution in [3.63, 3.8) is 0 Å². The number of rotatable bonds is 6. The summed E-state index contributed by atoms with van der Waals surface area (Å²) in [5.74, 6) is 0.505. The van der Waals surface area contributed by atoms with E-state index in [0.717, 1.165) is 12.1 Å². The zero-order valence-electron chi connectivity index (χ0n) is 13.8. The summed E-state index contributed by atoms with van der Waals surface area (Å²) in [5, 5.41) is 13.2. The average Bonchev–Trinajstić information content (AvgIpc) is 3.08. The Balaban J connectivity index is 0.00000288. The van der Waals surface area contributed by atoms with Crippen LogP contribution in [0.4, 0.5) is 5.69 Å². The van der Waals surface area contributed by atoms with E-state index in [0.29, 0.717) is 12.5 Å². The van der Waals surface area contributed by atoms with Crippen LogP contribution < -0.4 is 16.0 Å².